The Morgan fingerprint density at radius 1 is 0.923 bits per heavy atom. The van der Waals surface area contributed by atoms with E-state index in [1.807, 2.05) is 13.0 Å². The molecule has 2 aromatic carbocycles. The summed E-state index contributed by atoms with van der Waals surface area (Å²) in [6, 6.07) is 8.99. The number of carbonyl (C=O) groups excluding carboxylic acids is 2. The number of nitrogens with one attached hydrogen (secondary N) is 3. The van der Waals surface area contributed by atoms with Crippen LogP contribution in [0.1, 0.15) is 31.8 Å². The van der Waals surface area contributed by atoms with E-state index in [1.54, 1.807) is 19.1 Å². The summed E-state index contributed by atoms with van der Waals surface area (Å²) in [5.41, 5.74) is 6.64. The monoisotopic (exact) mass is 395 g/mol. The zero-order chi connectivity index (χ0) is 19.5. The van der Waals surface area contributed by atoms with E-state index >= 15 is 0 Å². The number of benzene rings is 2. The lowest BCUT2D eigenvalue weighted by Gasteiger charge is -2.11. The van der Waals surface area contributed by atoms with Crippen LogP contribution in [-0.4, -0.2) is 27.3 Å². The van der Waals surface area contributed by atoms with Gasteiger partial charge in [-0.05, 0) is 50.7 Å². The minimum Gasteiger partial charge on any atom is -0.267 e. The number of hydrogen-bond acceptors (Lipinski definition) is 4. The fourth-order valence-electron chi connectivity index (χ4n) is 2.28. The van der Waals surface area contributed by atoms with Gasteiger partial charge >= 0.3 is 0 Å². The summed E-state index contributed by atoms with van der Waals surface area (Å²) in [5, 5.41) is 0.0540. The average molecular weight is 396 g/mol. The molecule has 138 valence electrons. The highest BCUT2D eigenvalue weighted by Crippen LogP contribution is 2.20. The van der Waals surface area contributed by atoms with Crippen LogP contribution in [0, 0.1) is 13.8 Å². The van der Waals surface area contributed by atoms with E-state index in [1.165, 1.54) is 19.2 Å². The lowest BCUT2D eigenvalue weighted by atomic mass is 10.1. The zero-order valence-electron chi connectivity index (χ0n) is 14.4. The Kier molecular flexibility index (Phi) is 6.01. The first-order chi connectivity index (χ1) is 12.2. The second-order valence-corrected chi connectivity index (χ2v) is 7.87. The van der Waals surface area contributed by atoms with Gasteiger partial charge in [-0.1, -0.05) is 29.3 Å². The fraction of sp³-hybridized carbons (Fsp3) is 0.176. The lowest BCUT2D eigenvalue weighted by molar-refractivity contribution is 0.0846. The average Bonchev–Trinajstić information content (AvgIpc) is 2.59. The highest BCUT2D eigenvalue weighted by Gasteiger charge is 2.18. The third-order valence-corrected chi connectivity index (χ3v) is 5.42. The van der Waals surface area contributed by atoms with Crippen molar-refractivity contribution in [1.29, 1.82) is 0 Å². The predicted octanol–water partition coefficient (Wildman–Crippen LogP) is 1.94. The van der Waals surface area contributed by atoms with Crippen molar-refractivity contribution in [1.82, 2.24) is 15.6 Å². The van der Waals surface area contributed by atoms with Crippen molar-refractivity contribution in [2.45, 2.75) is 18.7 Å². The molecule has 0 spiro atoms. The molecule has 2 amide bonds. The Morgan fingerprint density at radius 2 is 1.54 bits per heavy atom. The van der Waals surface area contributed by atoms with Crippen LogP contribution in [-0.2, 0) is 10.0 Å². The van der Waals surface area contributed by atoms with Crippen LogP contribution in [0.5, 0.6) is 0 Å². The van der Waals surface area contributed by atoms with Crippen LogP contribution in [0.2, 0.25) is 5.02 Å². The first kappa shape index (κ1) is 19.9. The molecule has 7 nitrogen and oxygen atoms in total. The SMILES string of the molecule is CNS(=O)(=O)c1ccc(Cl)c(C(=O)NNC(=O)c2ccc(C)cc2C)c1. The topological polar surface area (TPSA) is 104 Å². The van der Waals surface area contributed by atoms with Crippen LogP contribution in [0.15, 0.2) is 41.3 Å². The van der Waals surface area contributed by atoms with E-state index < -0.39 is 21.8 Å². The molecule has 0 aromatic heterocycles. The molecule has 26 heavy (non-hydrogen) atoms. The van der Waals surface area contributed by atoms with Gasteiger partial charge in [0.25, 0.3) is 11.8 Å². The number of amides is 2. The largest absolute Gasteiger partial charge is 0.271 e. The minimum absolute atomic E-state index is 0.0540. The smallest absolute Gasteiger partial charge is 0.267 e. The summed E-state index contributed by atoms with van der Waals surface area (Å²) >= 11 is 5.97. The zero-order valence-corrected chi connectivity index (χ0v) is 16.0. The van der Waals surface area contributed by atoms with E-state index in [0.717, 1.165) is 17.2 Å². The van der Waals surface area contributed by atoms with Gasteiger partial charge in [0, 0.05) is 5.56 Å². The maximum Gasteiger partial charge on any atom is 0.271 e. The van der Waals surface area contributed by atoms with Gasteiger partial charge in [0.1, 0.15) is 0 Å². The maximum absolute atomic E-state index is 12.3. The van der Waals surface area contributed by atoms with Gasteiger partial charge in [0.05, 0.1) is 15.5 Å². The molecular formula is C17H18ClN3O4S. The first-order valence-corrected chi connectivity index (χ1v) is 9.43. The Balaban J connectivity index is 2.17. The molecule has 0 radical (unpaired) electrons. The molecule has 0 unspecified atom stereocenters. The van der Waals surface area contributed by atoms with Gasteiger partial charge < -0.3 is 0 Å². The van der Waals surface area contributed by atoms with E-state index in [0.29, 0.717) is 5.56 Å². The van der Waals surface area contributed by atoms with Crippen molar-refractivity contribution in [3.63, 3.8) is 0 Å². The van der Waals surface area contributed by atoms with Crippen LogP contribution < -0.4 is 15.6 Å². The number of aryl methyl sites for hydroxylation is 2. The summed E-state index contributed by atoms with van der Waals surface area (Å²) < 4.78 is 25.8. The van der Waals surface area contributed by atoms with Gasteiger partial charge in [0.2, 0.25) is 10.0 Å². The normalized spacial score (nSPS) is 11.1. The van der Waals surface area contributed by atoms with Crippen molar-refractivity contribution >= 4 is 33.4 Å². The van der Waals surface area contributed by atoms with E-state index in [-0.39, 0.29) is 15.5 Å². The molecule has 3 N–H and O–H groups in total. The Bertz CT molecular complexity index is 974. The molecule has 0 bridgehead atoms. The van der Waals surface area contributed by atoms with Crippen LogP contribution >= 0.6 is 11.6 Å². The standard InChI is InChI=1S/C17H18ClN3O4S/c1-10-4-6-13(11(2)8-10)16(22)20-21-17(23)14-9-12(5-7-15(14)18)26(24,25)19-3/h4-9,19H,1-3H3,(H,20,22)(H,21,23). The number of carbonyl (C=O) groups is 2. The van der Waals surface area contributed by atoms with Crippen LogP contribution in [0.4, 0.5) is 0 Å². The molecule has 2 aromatic rings. The Labute approximate surface area is 156 Å². The number of hydrogen-bond donors (Lipinski definition) is 3. The van der Waals surface area contributed by atoms with Gasteiger partial charge in [-0.2, -0.15) is 0 Å². The summed E-state index contributed by atoms with van der Waals surface area (Å²) in [4.78, 5) is 24.4. The van der Waals surface area contributed by atoms with E-state index in [2.05, 4.69) is 15.6 Å². The molecule has 0 fully saturated rings. The van der Waals surface area contributed by atoms with Gasteiger partial charge in [-0.3, -0.25) is 20.4 Å². The highest BCUT2D eigenvalue weighted by molar-refractivity contribution is 7.89. The number of halogens is 1. The molecule has 0 aliphatic rings. The van der Waals surface area contributed by atoms with Crippen LogP contribution in [0.3, 0.4) is 0 Å². The third kappa shape index (κ3) is 4.40. The Morgan fingerprint density at radius 3 is 2.12 bits per heavy atom. The molecule has 0 saturated heterocycles. The minimum atomic E-state index is -3.73. The fourth-order valence-corrected chi connectivity index (χ4v) is 3.24. The second-order valence-electron chi connectivity index (χ2n) is 5.58. The summed E-state index contributed by atoms with van der Waals surface area (Å²) in [6.45, 7) is 3.69. The van der Waals surface area contributed by atoms with Gasteiger partial charge in [0.15, 0.2) is 0 Å². The Hall–Kier alpha value is -2.42. The van der Waals surface area contributed by atoms with Crippen molar-refractivity contribution in [3.8, 4) is 0 Å². The van der Waals surface area contributed by atoms with Crippen molar-refractivity contribution in [2.24, 2.45) is 0 Å². The molecule has 0 aliphatic carbocycles. The number of hydrazine groups is 1. The molecule has 0 heterocycles. The highest BCUT2D eigenvalue weighted by atomic mass is 35.5. The predicted molar refractivity (Wildman–Crippen MR) is 98.5 cm³/mol. The van der Waals surface area contributed by atoms with E-state index in [9.17, 15) is 18.0 Å². The van der Waals surface area contributed by atoms with Crippen molar-refractivity contribution in [2.75, 3.05) is 7.05 Å². The second kappa shape index (κ2) is 7.86. The molecule has 0 atom stereocenters. The summed E-state index contributed by atoms with van der Waals surface area (Å²) in [6.07, 6.45) is 0. The number of rotatable bonds is 4. The van der Waals surface area contributed by atoms with Gasteiger partial charge in [-0.15, -0.1) is 0 Å². The van der Waals surface area contributed by atoms with Crippen LogP contribution in [0.25, 0.3) is 0 Å². The first-order valence-electron chi connectivity index (χ1n) is 7.56. The molecule has 2 rings (SSSR count). The van der Waals surface area contributed by atoms with E-state index in [4.69, 9.17) is 11.6 Å². The summed E-state index contributed by atoms with van der Waals surface area (Å²) in [7, 11) is -2.47. The third-order valence-electron chi connectivity index (χ3n) is 3.68. The summed E-state index contributed by atoms with van der Waals surface area (Å²) in [5.74, 6) is -1.23. The molecular weight excluding hydrogens is 378 g/mol. The molecule has 0 aliphatic heterocycles. The van der Waals surface area contributed by atoms with Crippen molar-refractivity contribution < 1.29 is 18.0 Å². The van der Waals surface area contributed by atoms with Crippen molar-refractivity contribution in [3.05, 3.63) is 63.7 Å². The molecule has 9 heteroatoms. The lowest BCUT2D eigenvalue weighted by Crippen LogP contribution is -2.42. The molecule has 0 saturated carbocycles. The number of sulfonamides is 1. The van der Waals surface area contributed by atoms with Gasteiger partial charge in [-0.25, -0.2) is 13.1 Å². The maximum atomic E-state index is 12.3. The quantitative estimate of drug-likeness (QED) is 0.688.